The fourth-order valence-electron chi connectivity index (χ4n) is 7.48. The second-order valence-electron chi connectivity index (χ2n) is 12.2. The molecule has 0 unspecified atom stereocenters. The lowest BCUT2D eigenvalue weighted by Gasteiger charge is -2.10. The molecule has 0 saturated carbocycles. The lowest BCUT2D eigenvalue weighted by molar-refractivity contribution is 0.668. The van der Waals surface area contributed by atoms with Gasteiger partial charge in [0, 0.05) is 49.8 Å². The molecule has 0 aliphatic rings. The van der Waals surface area contributed by atoms with Crippen LogP contribution in [0.5, 0.6) is 0 Å². The predicted octanol–water partition coefficient (Wildman–Crippen LogP) is 12.6. The molecule has 0 N–H and O–H groups in total. The summed E-state index contributed by atoms with van der Waals surface area (Å²) in [4.78, 5) is 0. The Hall–Kier alpha value is -6.58. The number of fused-ring (bicyclic) bond motifs is 11. The summed E-state index contributed by atoms with van der Waals surface area (Å²) < 4.78 is 101. The monoisotopic (exact) mass is 634 g/mol. The van der Waals surface area contributed by atoms with E-state index < -0.39 is 24.2 Å². The maximum Gasteiger partial charge on any atom is 0.137 e. The first-order valence-electron chi connectivity index (χ1n) is 21.0. The molecule has 3 aromatic heterocycles. The van der Waals surface area contributed by atoms with Gasteiger partial charge in [0.05, 0.1) is 35.8 Å². The van der Waals surface area contributed by atoms with Crippen LogP contribution in [0.2, 0.25) is 0 Å². The molecule has 0 atom stereocenters. The van der Waals surface area contributed by atoms with Crippen molar-refractivity contribution < 1.29 is 18.1 Å². The van der Waals surface area contributed by atoms with E-state index in [1.54, 1.807) is 27.3 Å². The van der Waals surface area contributed by atoms with Crippen LogP contribution in [-0.2, 0) is 0 Å². The Labute approximate surface area is 295 Å². The van der Waals surface area contributed by atoms with Gasteiger partial charge >= 0.3 is 0 Å². The Kier molecular flexibility index (Phi) is 3.80. The van der Waals surface area contributed by atoms with Crippen molar-refractivity contribution in [3.05, 3.63) is 170 Å². The fraction of sp³-hybridized carbons (Fsp3) is 0. The molecular weight excluding hydrogens is 597 g/mol. The molecule has 0 spiro atoms. The molecule has 3 nitrogen and oxygen atoms in total. The van der Waals surface area contributed by atoms with Gasteiger partial charge in [-0.1, -0.05) is 109 Å². The number of aromatic nitrogens is 2. The van der Waals surface area contributed by atoms with Gasteiger partial charge in [-0.2, -0.15) is 0 Å². The second-order valence-corrected chi connectivity index (χ2v) is 12.2. The van der Waals surface area contributed by atoms with E-state index in [1.807, 2.05) is 91.0 Å². The van der Waals surface area contributed by atoms with E-state index in [0.29, 0.717) is 22.5 Å². The van der Waals surface area contributed by atoms with Crippen LogP contribution < -0.4 is 0 Å². The number of benzene rings is 8. The molecule has 0 fully saturated rings. The van der Waals surface area contributed by atoms with Crippen LogP contribution in [0.1, 0.15) is 13.7 Å². The van der Waals surface area contributed by atoms with Crippen molar-refractivity contribution in [2.75, 3.05) is 0 Å². The minimum absolute atomic E-state index is 0.0549. The lowest BCUT2D eigenvalue weighted by Crippen LogP contribution is -1.95. The van der Waals surface area contributed by atoms with Crippen molar-refractivity contribution in [3.8, 4) is 22.5 Å². The highest BCUT2D eigenvalue weighted by Crippen LogP contribution is 2.43. The highest BCUT2D eigenvalue weighted by Gasteiger charge is 2.21. The normalized spacial score (nSPS) is 14.9. The molecular formula is C46H28N2O. The summed E-state index contributed by atoms with van der Waals surface area (Å²) in [6.07, 6.45) is 0. The van der Waals surface area contributed by atoms with E-state index in [2.05, 4.69) is 0 Å². The lowest BCUT2D eigenvalue weighted by atomic mass is 9.99. The van der Waals surface area contributed by atoms with E-state index in [9.17, 15) is 8.22 Å². The summed E-state index contributed by atoms with van der Waals surface area (Å²) in [5.41, 5.74) is 4.39. The average Bonchev–Trinajstić information content (AvgIpc) is 3.94. The summed E-state index contributed by atoms with van der Waals surface area (Å²) in [7, 11) is 0. The summed E-state index contributed by atoms with van der Waals surface area (Å²) in [5.74, 6) is 0. The first-order chi connectivity index (χ1) is 28.5. The molecule has 3 heteroatoms. The Morgan fingerprint density at radius 1 is 0.429 bits per heavy atom. The molecule has 8 aromatic carbocycles. The molecule has 0 bridgehead atoms. The molecule has 0 radical (unpaired) electrons. The molecule has 0 saturated heterocycles. The van der Waals surface area contributed by atoms with Gasteiger partial charge in [-0.25, -0.2) is 0 Å². The maximum atomic E-state index is 9.74. The topological polar surface area (TPSA) is 23.0 Å². The van der Waals surface area contributed by atoms with Gasteiger partial charge in [0.2, 0.25) is 0 Å². The average molecular weight is 635 g/mol. The minimum atomic E-state index is -0.502. The van der Waals surface area contributed by atoms with E-state index in [1.165, 1.54) is 0 Å². The quantitative estimate of drug-likeness (QED) is 0.190. The molecule has 49 heavy (non-hydrogen) atoms. The van der Waals surface area contributed by atoms with Crippen LogP contribution >= 0.6 is 0 Å². The maximum absolute atomic E-state index is 9.74. The third-order valence-electron chi connectivity index (χ3n) is 9.57. The molecule has 11 rings (SSSR count). The summed E-state index contributed by atoms with van der Waals surface area (Å²) in [5, 5.41) is 3.99. The van der Waals surface area contributed by atoms with Gasteiger partial charge in [-0.3, -0.25) is 0 Å². The zero-order valence-electron chi connectivity index (χ0n) is 35.7. The van der Waals surface area contributed by atoms with E-state index in [-0.39, 0.29) is 79.9 Å². The Bertz CT molecular complexity index is 3680. The van der Waals surface area contributed by atoms with Crippen molar-refractivity contribution >= 4 is 76.3 Å². The van der Waals surface area contributed by atoms with Crippen molar-refractivity contribution in [1.29, 1.82) is 0 Å². The molecule has 0 aliphatic carbocycles. The molecule has 11 aromatic rings. The van der Waals surface area contributed by atoms with Gasteiger partial charge < -0.3 is 13.6 Å². The van der Waals surface area contributed by atoms with Crippen LogP contribution in [0.4, 0.5) is 0 Å². The minimum Gasteiger partial charge on any atom is -0.456 e. The first kappa shape index (κ1) is 18.7. The standard InChI is InChI=1S/C46H28N2O/c1-2-12-30(13-3-1)34-17-10-20-42-44(34)37-24-23-33(28-43(37)49-42)48-39-19-9-7-16-36(39)46-41(48)26-25-40-45(46)35-15-6-8-18-38(35)47(40)32-22-21-29-11-4-5-14-31(29)27-32/h1-28H/i6D,7D,8D,9D,15D,16D,18D,19D,25D,26D. The van der Waals surface area contributed by atoms with E-state index in [4.69, 9.17) is 9.90 Å². The van der Waals surface area contributed by atoms with Crippen LogP contribution in [0.25, 0.3) is 98.8 Å². The van der Waals surface area contributed by atoms with Gasteiger partial charge in [0.15, 0.2) is 0 Å². The molecule has 0 amide bonds. The molecule has 228 valence electrons. The van der Waals surface area contributed by atoms with Crippen molar-refractivity contribution in [2.45, 2.75) is 0 Å². The number of furan rings is 1. The third-order valence-corrected chi connectivity index (χ3v) is 9.57. The van der Waals surface area contributed by atoms with Gasteiger partial charge in [-0.05, 0) is 76.4 Å². The van der Waals surface area contributed by atoms with E-state index in [0.717, 1.165) is 32.7 Å². The SMILES string of the molecule is [2H]c1c([2H])c([2H])c2c(c1[2H])c1c3c4c([2H])c([2H])c([2H])c([2H])c4n(-c4ccc5c(c4)oc4cccc(-c6ccccc6)c45)c3c([2H])c([2H])c1n2-c1ccc2ccccc2c1. The van der Waals surface area contributed by atoms with Gasteiger partial charge in [0.1, 0.15) is 11.2 Å². The Morgan fingerprint density at radius 2 is 1.06 bits per heavy atom. The summed E-state index contributed by atoms with van der Waals surface area (Å²) in [6, 6.07) is 30.5. The number of nitrogens with zero attached hydrogens (tertiary/aromatic N) is 2. The van der Waals surface area contributed by atoms with E-state index >= 15 is 0 Å². The largest absolute Gasteiger partial charge is 0.456 e. The van der Waals surface area contributed by atoms with Crippen molar-refractivity contribution in [1.82, 2.24) is 9.13 Å². The number of hydrogen-bond donors (Lipinski definition) is 0. The fourth-order valence-corrected chi connectivity index (χ4v) is 7.48. The summed E-state index contributed by atoms with van der Waals surface area (Å²) in [6.45, 7) is 0. The van der Waals surface area contributed by atoms with Crippen LogP contribution in [0, 0.1) is 0 Å². The van der Waals surface area contributed by atoms with Crippen LogP contribution in [0.3, 0.4) is 0 Å². The number of para-hydroxylation sites is 2. The Balaban J connectivity index is 1.34. The second kappa shape index (κ2) is 9.96. The number of rotatable bonds is 3. The van der Waals surface area contributed by atoms with Crippen LogP contribution in [-0.4, -0.2) is 9.13 Å². The van der Waals surface area contributed by atoms with Crippen molar-refractivity contribution in [2.24, 2.45) is 0 Å². The molecule has 3 heterocycles. The molecule has 0 aliphatic heterocycles. The van der Waals surface area contributed by atoms with Crippen molar-refractivity contribution in [3.63, 3.8) is 0 Å². The van der Waals surface area contributed by atoms with Gasteiger partial charge in [0.25, 0.3) is 0 Å². The zero-order chi connectivity index (χ0) is 40.8. The van der Waals surface area contributed by atoms with Gasteiger partial charge in [-0.15, -0.1) is 0 Å². The number of hydrogen-bond acceptors (Lipinski definition) is 1. The Morgan fingerprint density at radius 3 is 1.80 bits per heavy atom. The summed E-state index contributed by atoms with van der Waals surface area (Å²) >= 11 is 0. The highest BCUT2D eigenvalue weighted by molar-refractivity contribution is 6.29. The third kappa shape index (κ3) is 3.73. The zero-order valence-corrected chi connectivity index (χ0v) is 25.7. The smallest absolute Gasteiger partial charge is 0.137 e. The predicted molar refractivity (Wildman–Crippen MR) is 205 cm³/mol. The van der Waals surface area contributed by atoms with Crippen LogP contribution in [0.15, 0.2) is 174 Å². The highest BCUT2D eigenvalue weighted by atomic mass is 16.3. The first-order valence-corrected chi connectivity index (χ1v) is 16.0.